The Bertz CT molecular complexity index is 340. The number of hydrogen-bond acceptors (Lipinski definition) is 5. The van der Waals surface area contributed by atoms with Gasteiger partial charge in [-0.15, -0.1) is 0 Å². The van der Waals surface area contributed by atoms with Crippen LogP contribution >= 0.6 is 0 Å². The van der Waals surface area contributed by atoms with Crippen LogP contribution in [-0.2, 0) is 0 Å². The summed E-state index contributed by atoms with van der Waals surface area (Å²) in [5, 5.41) is 18.5. The number of phenols is 1. The number of rotatable bonds is 4. The van der Waals surface area contributed by atoms with Crippen molar-refractivity contribution in [3.05, 3.63) is 17.7 Å². The molecule has 0 bridgehead atoms. The molecular weight excluding hydrogens is 198 g/mol. The highest BCUT2D eigenvalue weighted by molar-refractivity contribution is 5.51. The Labute approximate surface area is 88.0 Å². The maximum atomic E-state index is 9.62. The number of hydrogen-bond donors (Lipinski definition) is 3. The van der Waals surface area contributed by atoms with E-state index in [9.17, 15) is 5.11 Å². The quantitative estimate of drug-likeness (QED) is 0.674. The minimum atomic E-state index is -0.634. The molecule has 0 saturated heterocycles. The molecule has 0 aliphatic rings. The smallest absolute Gasteiger partial charge is 0.164 e. The number of nitrogens with two attached hydrogens (primary N) is 1. The van der Waals surface area contributed by atoms with Crippen LogP contribution in [0.4, 0.5) is 0 Å². The van der Waals surface area contributed by atoms with E-state index >= 15 is 0 Å². The summed E-state index contributed by atoms with van der Waals surface area (Å²) < 4.78 is 10.1. The Balaban J connectivity index is 3.19. The predicted octanol–water partition coefficient (Wildman–Crippen LogP) is 0.401. The highest BCUT2D eigenvalue weighted by Gasteiger charge is 2.15. The monoisotopic (exact) mass is 213 g/mol. The molecule has 0 unspecified atom stereocenters. The van der Waals surface area contributed by atoms with Crippen LogP contribution in [0.3, 0.4) is 0 Å². The Morgan fingerprint density at radius 3 is 2.27 bits per heavy atom. The van der Waals surface area contributed by atoms with E-state index in [1.165, 1.54) is 20.3 Å². The van der Waals surface area contributed by atoms with E-state index in [-0.39, 0.29) is 12.4 Å². The van der Waals surface area contributed by atoms with E-state index < -0.39 is 6.04 Å². The zero-order chi connectivity index (χ0) is 11.4. The van der Waals surface area contributed by atoms with Gasteiger partial charge in [0.15, 0.2) is 11.5 Å². The van der Waals surface area contributed by atoms with Gasteiger partial charge in [-0.1, -0.05) is 0 Å². The molecule has 0 saturated carbocycles. The standard InChI is InChI=1S/C10H15NO4/c1-14-9-3-6(7(11)5-12)8(13)4-10(9)15-2/h3-4,7,12-13H,5,11H2,1-2H3/t7-/m0/s1. The van der Waals surface area contributed by atoms with E-state index in [1.54, 1.807) is 6.07 Å². The topological polar surface area (TPSA) is 84.9 Å². The first kappa shape index (κ1) is 11.6. The molecule has 0 aliphatic carbocycles. The summed E-state index contributed by atoms with van der Waals surface area (Å²) in [7, 11) is 2.96. The predicted molar refractivity (Wildman–Crippen MR) is 55.2 cm³/mol. The second-order valence-corrected chi connectivity index (χ2v) is 3.06. The second kappa shape index (κ2) is 4.86. The maximum Gasteiger partial charge on any atom is 0.164 e. The van der Waals surface area contributed by atoms with Gasteiger partial charge in [0.2, 0.25) is 0 Å². The van der Waals surface area contributed by atoms with E-state index in [2.05, 4.69) is 0 Å². The van der Waals surface area contributed by atoms with E-state index in [0.717, 1.165) is 0 Å². The molecule has 1 aromatic carbocycles. The van der Waals surface area contributed by atoms with Crippen molar-refractivity contribution in [2.24, 2.45) is 5.73 Å². The summed E-state index contributed by atoms with van der Waals surface area (Å²) >= 11 is 0. The average Bonchev–Trinajstić information content (AvgIpc) is 2.27. The van der Waals surface area contributed by atoms with Gasteiger partial charge in [0.1, 0.15) is 5.75 Å². The summed E-state index contributed by atoms with van der Waals surface area (Å²) in [6.07, 6.45) is 0. The molecule has 0 fully saturated rings. The lowest BCUT2D eigenvalue weighted by Crippen LogP contribution is -2.14. The first-order chi connectivity index (χ1) is 7.13. The van der Waals surface area contributed by atoms with Crippen LogP contribution in [0.5, 0.6) is 17.2 Å². The van der Waals surface area contributed by atoms with E-state index in [0.29, 0.717) is 17.1 Å². The molecule has 1 aromatic rings. The third-order valence-corrected chi connectivity index (χ3v) is 2.13. The van der Waals surface area contributed by atoms with Crippen molar-refractivity contribution >= 4 is 0 Å². The average molecular weight is 213 g/mol. The summed E-state index contributed by atoms with van der Waals surface area (Å²) in [6, 6.07) is 2.32. The van der Waals surface area contributed by atoms with Gasteiger partial charge in [0, 0.05) is 11.6 Å². The summed E-state index contributed by atoms with van der Waals surface area (Å²) in [6.45, 7) is -0.247. The molecule has 0 heterocycles. The number of methoxy groups -OCH3 is 2. The Kier molecular flexibility index (Phi) is 3.76. The lowest BCUT2D eigenvalue weighted by molar-refractivity contribution is 0.264. The van der Waals surface area contributed by atoms with E-state index in [4.69, 9.17) is 20.3 Å². The third kappa shape index (κ3) is 2.31. The Hall–Kier alpha value is -1.46. The van der Waals surface area contributed by atoms with Gasteiger partial charge in [-0.3, -0.25) is 0 Å². The normalized spacial score (nSPS) is 12.3. The minimum Gasteiger partial charge on any atom is -0.507 e. The third-order valence-electron chi connectivity index (χ3n) is 2.13. The molecule has 0 aromatic heterocycles. The van der Waals surface area contributed by atoms with Crippen molar-refractivity contribution in [1.29, 1.82) is 0 Å². The largest absolute Gasteiger partial charge is 0.507 e. The summed E-state index contributed by atoms with van der Waals surface area (Å²) in [4.78, 5) is 0. The highest BCUT2D eigenvalue weighted by Crippen LogP contribution is 2.35. The summed E-state index contributed by atoms with van der Waals surface area (Å²) in [5.74, 6) is 0.868. The first-order valence-electron chi connectivity index (χ1n) is 4.45. The van der Waals surface area contributed by atoms with Gasteiger partial charge in [0.25, 0.3) is 0 Å². The molecule has 0 radical (unpaired) electrons. The summed E-state index contributed by atoms with van der Waals surface area (Å²) in [5.41, 5.74) is 6.03. The SMILES string of the molecule is COc1cc(O)c([C@@H](N)CO)cc1OC. The first-order valence-corrected chi connectivity index (χ1v) is 4.45. The zero-order valence-corrected chi connectivity index (χ0v) is 8.73. The molecular formula is C10H15NO4. The molecule has 5 nitrogen and oxygen atoms in total. The zero-order valence-electron chi connectivity index (χ0n) is 8.73. The van der Waals surface area contributed by atoms with Gasteiger partial charge in [-0.05, 0) is 6.07 Å². The molecule has 1 rings (SSSR count). The molecule has 0 amide bonds. The van der Waals surface area contributed by atoms with Crippen LogP contribution in [0, 0.1) is 0 Å². The second-order valence-electron chi connectivity index (χ2n) is 3.06. The van der Waals surface area contributed by atoms with Crippen molar-refractivity contribution < 1.29 is 19.7 Å². The van der Waals surface area contributed by atoms with Crippen LogP contribution in [0.1, 0.15) is 11.6 Å². The van der Waals surface area contributed by atoms with Gasteiger partial charge in [-0.2, -0.15) is 0 Å². The molecule has 15 heavy (non-hydrogen) atoms. The van der Waals surface area contributed by atoms with Crippen molar-refractivity contribution in [2.45, 2.75) is 6.04 Å². The van der Waals surface area contributed by atoms with Gasteiger partial charge in [-0.25, -0.2) is 0 Å². The highest BCUT2D eigenvalue weighted by atomic mass is 16.5. The number of aliphatic hydroxyl groups is 1. The van der Waals surface area contributed by atoms with Gasteiger partial charge < -0.3 is 25.4 Å². The number of ether oxygens (including phenoxy) is 2. The lowest BCUT2D eigenvalue weighted by atomic mass is 10.1. The van der Waals surface area contributed by atoms with Crippen LogP contribution in [0.25, 0.3) is 0 Å². The Morgan fingerprint density at radius 2 is 1.80 bits per heavy atom. The van der Waals surface area contributed by atoms with Crippen LogP contribution in [0.15, 0.2) is 12.1 Å². The lowest BCUT2D eigenvalue weighted by Gasteiger charge is -2.14. The van der Waals surface area contributed by atoms with Gasteiger partial charge in [0.05, 0.1) is 26.9 Å². The molecule has 0 aliphatic heterocycles. The minimum absolute atomic E-state index is 0.0193. The molecule has 1 atom stereocenters. The molecule has 0 spiro atoms. The van der Waals surface area contributed by atoms with Gasteiger partial charge >= 0.3 is 0 Å². The van der Waals surface area contributed by atoms with Crippen molar-refractivity contribution in [3.8, 4) is 17.2 Å². The fraction of sp³-hybridized carbons (Fsp3) is 0.400. The van der Waals surface area contributed by atoms with Crippen LogP contribution in [0.2, 0.25) is 0 Å². The number of aromatic hydroxyl groups is 1. The van der Waals surface area contributed by atoms with Crippen molar-refractivity contribution in [3.63, 3.8) is 0 Å². The fourth-order valence-corrected chi connectivity index (χ4v) is 1.28. The van der Waals surface area contributed by atoms with Crippen LogP contribution in [-0.4, -0.2) is 31.0 Å². The fourth-order valence-electron chi connectivity index (χ4n) is 1.28. The maximum absolute atomic E-state index is 9.62. The van der Waals surface area contributed by atoms with E-state index in [1.807, 2.05) is 0 Å². The molecule has 4 N–H and O–H groups in total. The molecule has 5 heteroatoms. The van der Waals surface area contributed by atoms with Crippen molar-refractivity contribution in [1.82, 2.24) is 0 Å². The van der Waals surface area contributed by atoms with Crippen LogP contribution < -0.4 is 15.2 Å². The van der Waals surface area contributed by atoms with Crippen molar-refractivity contribution in [2.75, 3.05) is 20.8 Å². The number of phenolic OH excluding ortho intramolecular Hbond substituents is 1. The number of benzene rings is 1. The Morgan fingerprint density at radius 1 is 1.27 bits per heavy atom. The molecule has 84 valence electrons. The number of aliphatic hydroxyl groups excluding tert-OH is 1.